The van der Waals surface area contributed by atoms with Crippen molar-refractivity contribution in [1.82, 2.24) is 0 Å². The van der Waals surface area contributed by atoms with Crippen molar-refractivity contribution >= 4 is 0 Å². The quantitative estimate of drug-likeness (QED) is 0.278. The molecule has 3 aromatic rings. The van der Waals surface area contributed by atoms with E-state index in [1.165, 1.54) is 36.0 Å². The monoisotopic (exact) mass is 440 g/mol. The Balaban J connectivity index is 2.02. The first kappa shape index (κ1) is 25.3. The molecular formula is C33H44. The minimum absolute atomic E-state index is 0.140. The van der Waals surface area contributed by atoms with Crippen LogP contribution in [0.1, 0.15) is 95.8 Å². The third-order valence-electron chi connectivity index (χ3n) is 8.56. The molecule has 0 spiro atoms. The molecule has 0 bridgehead atoms. The van der Waals surface area contributed by atoms with Gasteiger partial charge in [0.1, 0.15) is 0 Å². The van der Waals surface area contributed by atoms with Crippen molar-refractivity contribution in [2.24, 2.45) is 16.7 Å². The van der Waals surface area contributed by atoms with E-state index in [-0.39, 0.29) is 5.41 Å². The highest BCUT2D eigenvalue weighted by Gasteiger charge is 2.40. The van der Waals surface area contributed by atoms with Crippen LogP contribution < -0.4 is 0 Å². The standard InChI is InChI=1S/C33H44/c1-7-26(3)33(6,8-2)25-31(29-22-16-11-17-23-29)32(4,5)24-30(27-18-12-9-13-19-27)28-20-14-10-15-21-28/h9-23,26,30-31H,7-8,24-25H2,1-6H3. The molecule has 0 aliphatic rings. The van der Waals surface area contributed by atoms with E-state index in [9.17, 15) is 0 Å². The van der Waals surface area contributed by atoms with E-state index in [2.05, 4.69) is 133 Å². The summed E-state index contributed by atoms with van der Waals surface area (Å²) in [6.45, 7) is 14.7. The molecule has 0 aliphatic carbocycles. The zero-order valence-electron chi connectivity index (χ0n) is 21.7. The minimum Gasteiger partial charge on any atom is -0.0651 e. The topological polar surface area (TPSA) is 0 Å². The van der Waals surface area contributed by atoms with Gasteiger partial charge in [-0.1, -0.05) is 145 Å². The summed E-state index contributed by atoms with van der Waals surface area (Å²) in [6, 6.07) is 33.5. The van der Waals surface area contributed by atoms with Gasteiger partial charge in [0.25, 0.3) is 0 Å². The van der Waals surface area contributed by atoms with E-state index < -0.39 is 0 Å². The number of rotatable bonds is 11. The van der Waals surface area contributed by atoms with E-state index in [0.29, 0.717) is 23.2 Å². The molecule has 0 saturated heterocycles. The molecule has 0 radical (unpaired) electrons. The van der Waals surface area contributed by atoms with Crippen LogP contribution in [0, 0.1) is 16.7 Å². The molecule has 33 heavy (non-hydrogen) atoms. The molecule has 0 nitrogen and oxygen atoms in total. The Morgan fingerprint density at radius 2 is 1.03 bits per heavy atom. The first-order valence-corrected chi connectivity index (χ1v) is 13.0. The van der Waals surface area contributed by atoms with E-state index >= 15 is 0 Å². The molecule has 0 saturated carbocycles. The van der Waals surface area contributed by atoms with Gasteiger partial charge < -0.3 is 0 Å². The third-order valence-corrected chi connectivity index (χ3v) is 8.56. The van der Waals surface area contributed by atoms with Gasteiger partial charge in [0.2, 0.25) is 0 Å². The molecule has 0 amide bonds. The molecule has 3 atom stereocenters. The van der Waals surface area contributed by atoms with Gasteiger partial charge in [0.05, 0.1) is 0 Å². The van der Waals surface area contributed by atoms with Gasteiger partial charge in [-0.25, -0.2) is 0 Å². The fraction of sp³-hybridized carbons (Fsp3) is 0.455. The van der Waals surface area contributed by atoms with Crippen molar-refractivity contribution in [2.45, 2.75) is 79.1 Å². The van der Waals surface area contributed by atoms with Gasteiger partial charge in [-0.05, 0) is 52.2 Å². The Kier molecular flexibility index (Phi) is 8.57. The number of benzene rings is 3. The van der Waals surface area contributed by atoms with Crippen molar-refractivity contribution in [3.63, 3.8) is 0 Å². The Hall–Kier alpha value is -2.34. The van der Waals surface area contributed by atoms with Crippen molar-refractivity contribution < 1.29 is 0 Å². The SMILES string of the molecule is CCC(C)C(C)(CC)CC(c1ccccc1)C(C)(C)CC(c1ccccc1)c1ccccc1. The summed E-state index contributed by atoms with van der Waals surface area (Å²) in [5.74, 6) is 1.61. The average Bonchev–Trinajstić information content (AvgIpc) is 2.86. The molecule has 0 heteroatoms. The highest BCUT2D eigenvalue weighted by Crippen LogP contribution is 2.52. The van der Waals surface area contributed by atoms with Crippen LogP contribution in [0.25, 0.3) is 0 Å². The van der Waals surface area contributed by atoms with Crippen LogP contribution in [0.4, 0.5) is 0 Å². The maximum absolute atomic E-state index is 2.53. The molecule has 3 aromatic carbocycles. The fourth-order valence-electron chi connectivity index (χ4n) is 5.65. The van der Waals surface area contributed by atoms with E-state index in [0.717, 1.165) is 6.42 Å². The molecule has 3 rings (SSSR count). The van der Waals surface area contributed by atoms with E-state index in [4.69, 9.17) is 0 Å². The molecule has 3 unspecified atom stereocenters. The zero-order valence-corrected chi connectivity index (χ0v) is 21.7. The fourth-order valence-corrected chi connectivity index (χ4v) is 5.65. The molecule has 0 fully saturated rings. The normalized spacial score (nSPS) is 15.7. The van der Waals surface area contributed by atoms with Gasteiger partial charge in [-0.2, -0.15) is 0 Å². The van der Waals surface area contributed by atoms with Crippen LogP contribution >= 0.6 is 0 Å². The van der Waals surface area contributed by atoms with Gasteiger partial charge in [-0.3, -0.25) is 0 Å². The van der Waals surface area contributed by atoms with Gasteiger partial charge >= 0.3 is 0 Å². The second-order valence-corrected chi connectivity index (χ2v) is 11.1. The second kappa shape index (κ2) is 11.2. The Morgan fingerprint density at radius 3 is 1.42 bits per heavy atom. The largest absolute Gasteiger partial charge is 0.0651 e. The van der Waals surface area contributed by atoms with Crippen LogP contribution in [0.5, 0.6) is 0 Å². The molecule has 0 N–H and O–H groups in total. The lowest BCUT2D eigenvalue weighted by Gasteiger charge is -2.45. The lowest BCUT2D eigenvalue weighted by molar-refractivity contribution is 0.111. The Labute approximate surface area is 203 Å². The van der Waals surface area contributed by atoms with Crippen LogP contribution in [0.15, 0.2) is 91.0 Å². The molecule has 0 aliphatic heterocycles. The van der Waals surface area contributed by atoms with E-state index in [1.54, 1.807) is 0 Å². The Bertz CT molecular complexity index is 902. The van der Waals surface area contributed by atoms with Crippen molar-refractivity contribution in [1.29, 1.82) is 0 Å². The highest BCUT2D eigenvalue weighted by molar-refractivity contribution is 5.33. The molecule has 0 aromatic heterocycles. The van der Waals surface area contributed by atoms with Gasteiger partial charge in [0.15, 0.2) is 0 Å². The smallest absolute Gasteiger partial charge is 0.00946 e. The second-order valence-electron chi connectivity index (χ2n) is 11.1. The maximum Gasteiger partial charge on any atom is 0.00946 e. The summed E-state index contributed by atoms with van der Waals surface area (Å²) in [5.41, 5.74) is 4.81. The summed E-state index contributed by atoms with van der Waals surface area (Å²) >= 11 is 0. The molecular weight excluding hydrogens is 396 g/mol. The van der Waals surface area contributed by atoms with Gasteiger partial charge in [0, 0.05) is 5.92 Å². The summed E-state index contributed by atoms with van der Waals surface area (Å²) in [7, 11) is 0. The van der Waals surface area contributed by atoms with Crippen LogP contribution in [0.3, 0.4) is 0 Å². The summed E-state index contributed by atoms with van der Waals surface area (Å²) < 4.78 is 0. The van der Waals surface area contributed by atoms with Crippen molar-refractivity contribution in [3.8, 4) is 0 Å². The number of hydrogen-bond donors (Lipinski definition) is 0. The first-order chi connectivity index (χ1) is 15.8. The predicted octanol–water partition coefficient (Wildman–Crippen LogP) is 9.87. The van der Waals surface area contributed by atoms with Crippen molar-refractivity contribution in [3.05, 3.63) is 108 Å². The van der Waals surface area contributed by atoms with Crippen LogP contribution in [-0.2, 0) is 0 Å². The maximum atomic E-state index is 2.53. The highest BCUT2D eigenvalue weighted by atomic mass is 14.4. The lowest BCUT2D eigenvalue weighted by Crippen LogP contribution is -2.33. The van der Waals surface area contributed by atoms with Crippen LogP contribution in [0.2, 0.25) is 0 Å². The summed E-state index contributed by atoms with van der Waals surface area (Å²) in [5, 5.41) is 0. The Morgan fingerprint density at radius 1 is 0.606 bits per heavy atom. The lowest BCUT2D eigenvalue weighted by atomic mass is 9.60. The molecule has 176 valence electrons. The third kappa shape index (κ3) is 6.17. The van der Waals surface area contributed by atoms with E-state index in [1.807, 2.05) is 0 Å². The zero-order chi connectivity index (χ0) is 23.9. The molecule has 0 heterocycles. The van der Waals surface area contributed by atoms with Crippen molar-refractivity contribution in [2.75, 3.05) is 0 Å². The number of hydrogen-bond acceptors (Lipinski definition) is 0. The van der Waals surface area contributed by atoms with Gasteiger partial charge in [-0.15, -0.1) is 0 Å². The average molecular weight is 441 g/mol. The predicted molar refractivity (Wildman–Crippen MR) is 145 cm³/mol. The minimum atomic E-state index is 0.140. The first-order valence-electron chi connectivity index (χ1n) is 13.0. The summed E-state index contributed by atoms with van der Waals surface area (Å²) in [4.78, 5) is 0. The van der Waals surface area contributed by atoms with Crippen LogP contribution in [-0.4, -0.2) is 0 Å². The summed E-state index contributed by atoms with van der Waals surface area (Å²) in [6.07, 6.45) is 4.82.